The Bertz CT molecular complexity index is 857. The van der Waals surface area contributed by atoms with Gasteiger partial charge in [-0.2, -0.15) is 0 Å². The highest BCUT2D eigenvalue weighted by molar-refractivity contribution is 9.10. The van der Waals surface area contributed by atoms with Gasteiger partial charge in [-0.15, -0.1) is 0 Å². The summed E-state index contributed by atoms with van der Waals surface area (Å²) >= 11 is 15.8. The summed E-state index contributed by atoms with van der Waals surface area (Å²) in [6, 6.07) is 11.6. The normalized spacial score (nSPS) is 12.9. The molecule has 20 heavy (non-hydrogen) atoms. The van der Waals surface area contributed by atoms with Gasteiger partial charge in [0.1, 0.15) is 5.75 Å². The Morgan fingerprint density at radius 1 is 1.05 bits per heavy atom. The molecule has 100 valence electrons. The summed E-state index contributed by atoms with van der Waals surface area (Å²) in [5, 5.41) is 2.48. The first-order valence-electron chi connectivity index (χ1n) is 6.05. The van der Waals surface area contributed by atoms with Gasteiger partial charge in [0.2, 0.25) is 0 Å². The standard InChI is InChI=1S/C15H8BrCl2NO/c16-14-11-5-8(17)2-4-12(11)19-7-20-13-6-9(18)1-3-10(13)15(14)19/h1-6H,7H2. The first-order valence-corrected chi connectivity index (χ1v) is 7.60. The first-order chi connectivity index (χ1) is 9.65. The van der Waals surface area contributed by atoms with Gasteiger partial charge >= 0.3 is 0 Å². The van der Waals surface area contributed by atoms with Crippen LogP contribution in [0.15, 0.2) is 40.9 Å². The molecule has 2 nitrogen and oxygen atoms in total. The molecular weight excluding hydrogens is 361 g/mol. The average Bonchev–Trinajstić information content (AvgIpc) is 2.72. The van der Waals surface area contributed by atoms with Crippen LogP contribution in [0.5, 0.6) is 5.75 Å². The van der Waals surface area contributed by atoms with Gasteiger partial charge in [0, 0.05) is 21.0 Å². The third-order valence-electron chi connectivity index (χ3n) is 3.51. The van der Waals surface area contributed by atoms with Crippen LogP contribution in [0.1, 0.15) is 0 Å². The Hall–Kier alpha value is -1.16. The SMILES string of the molecule is Clc1ccc2c(c1)OCn1c-2c(Br)c2cc(Cl)ccc21. The quantitative estimate of drug-likeness (QED) is 0.494. The second kappa shape index (κ2) is 4.42. The number of rotatable bonds is 0. The fraction of sp³-hybridized carbons (Fsp3) is 0.0667. The number of halogens is 3. The number of ether oxygens (including phenoxy) is 1. The predicted molar refractivity (Wildman–Crippen MR) is 85.7 cm³/mol. The fourth-order valence-corrected chi connectivity index (χ4v) is 3.71. The maximum Gasteiger partial charge on any atom is 0.165 e. The van der Waals surface area contributed by atoms with Gasteiger partial charge in [-0.1, -0.05) is 23.2 Å². The summed E-state index contributed by atoms with van der Waals surface area (Å²) in [4.78, 5) is 0. The van der Waals surface area contributed by atoms with E-state index in [1.165, 1.54) is 0 Å². The molecule has 2 heterocycles. The van der Waals surface area contributed by atoms with E-state index in [9.17, 15) is 0 Å². The maximum absolute atomic E-state index is 6.10. The number of hydrogen-bond acceptors (Lipinski definition) is 1. The third-order valence-corrected chi connectivity index (χ3v) is 4.78. The van der Waals surface area contributed by atoms with Crippen molar-refractivity contribution in [3.8, 4) is 17.0 Å². The van der Waals surface area contributed by atoms with Crippen molar-refractivity contribution >= 4 is 50.0 Å². The molecule has 5 heteroatoms. The van der Waals surface area contributed by atoms with Gasteiger partial charge in [-0.05, 0) is 52.3 Å². The summed E-state index contributed by atoms with van der Waals surface area (Å²) in [5.74, 6) is 0.805. The molecule has 1 aliphatic heterocycles. The summed E-state index contributed by atoms with van der Waals surface area (Å²) in [6.07, 6.45) is 0. The summed E-state index contributed by atoms with van der Waals surface area (Å²) in [6.45, 7) is 0.465. The molecule has 0 unspecified atom stereocenters. The summed E-state index contributed by atoms with van der Waals surface area (Å²) in [5.41, 5.74) is 3.22. The summed E-state index contributed by atoms with van der Waals surface area (Å²) < 4.78 is 8.97. The van der Waals surface area contributed by atoms with E-state index < -0.39 is 0 Å². The zero-order valence-electron chi connectivity index (χ0n) is 10.2. The van der Waals surface area contributed by atoms with Crippen LogP contribution in [-0.4, -0.2) is 4.57 Å². The molecule has 0 fully saturated rings. The predicted octanol–water partition coefficient (Wildman–Crippen LogP) is 5.73. The van der Waals surface area contributed by atoms with Crippen LogP contribution < -0.4 is 4.74 Å². The van der Waals surface area contributed by atoms with Crippen molar-refractivity contribution < 1.29 is 4.74 Å². The number of hydrogen-bond donors (Lipinski definition) is 0. The van der Waals surface area contributed by atoms with Crippen LogP contribution in [-0.2, 0) is 6.73 Å². The van der Waals surface area contributed by atoms with E-state index >= 15 is 0 Å². The van der Waals surface area contributed by atoms with Crippen LogP contribution in [0.2, 0.25) is 10.0 Å². The number of nitrogens with zero attached hydrogens (tertiary/aromatic N) is 1. The number of aromatic nitrogens is 1. The largest absolute Gasteiger partial charge is 0.472 e. The van der Waals surface area contributed by atoms with Crippen LogP contribution in [0.4, 0.5) is 0 Å². The molecule has 1 aromatic heterocycles. The van der Waals surface area contributed by atoms with Crippen LogP contribution in [0, 0.1) is 0 Å². The molecule has 0 saturated heterocycles. The summed E-state index contributed by atoms with van der Waals surface area (Å²) in [7, 11) is 0. The van der Waals surface area contributed by atoms with E-state index in [2.05, 4.69) is 20.5 Å². The highest BCUT2D eigenvalue weighted by Crippen LogP contribution is 2.45. The topological polar surface area (TPSA) is 14.2 Å². The molecule has 1 aliphatic rings. The number of fused-ring (bicyclic) bond motifs is 5. The lowest BCUT2D eigenvalue weighted by Gasteiger charge is -2.21. The minimum atomic E-state index is 0.465. The highest BCUT2D eigenvalue weighted by Gasteiger charge is 2.24. The molecule has 0 radical (unpaired) electrons. The van der Waals surface area contributed by atoms with Crippen molar-refractivity contribution in [1.29, 1.82) is 0 Å². The van der Waals surface area contributed by atoms with Crippen molar-refractivity contribution in [3.05, 3.63) is 50.9 Å². The lowest BCUT2D eigenvalue weighted by Crippen LogP contribution is -2.12. The zero-order valence-corrected chi connectivity index (χ0v) is 13.3. The Balaban J connectivity index is 2.10. The smallest absolute Gasteiger partial charge is 0.165 e. The Morgan fingerprint density at radius 2 is 1.80 bits per heavy atom. The highest BCUT2D eigenvalue weighted by atomic mass is 79.9. The average molecular weight is 369 g/mol. The maximum atomic E-state index is 6.10. The second-order valence-electron chi connectivity index (χ2n) is 4.67. The van der Waals surface area contributed by atoms with Crippen LogP contribution in [0.3, 0.4) is 0 Å². The molecule has 0 saturated carbocycles. The Morgan fingerprint density at radius 3 is 2.65 bits per heavy atom. The van der Waals surface area contributed by atoms with E-state index in [0.29, 0.717) is 11.8 Å². The Labute approximate surface area is 134 Å². The van der Waals surface area contributed by atoms with Gasteiger partial charge in [0.05, 0.1) is 15.7 Å². The van der Waals surface area contributed by atoms with Crippen molar-refractivity contribution in [2.24, 2.45) is 0 Å². The lowest BCUT2D eigenvalue weighted by atomic mass is 10.1. The van der Waals surface area contributed by atoms with Gasteiger partial charge < -0.3 is 9.30 Å². The molecule has 0 spiro atoms. The van der Waals surface area contributed by atoms with Crippen molar-refractivity contribution in [1.82, 2.24) is 4.57 Å². The van der Waals surface area contributed by atoms with Gasteiger partial charge in [0.15, 0.2) is 6.73 Å². The molecule has 0 aliphatic carbocycles. The molecule has 0 bridgehead atoms. The van der Waals surface area contributed by atoms with E-state index in [0.717, 1.165) is 37.4 Å². The van der Waals surface area contributed by atoms with Crippen molar-refractivity contribution in [2.45, 2.75) is 6.73 Å². The lowest BCUT2D eigenvalue weighted by molar-refractivity contribution is 0.235. The monoisotopic (exact) mass is 367 g/mol. The van der Waals surface area contributed by atoms with E-state index in [4.69, 9.17) is 27.9 Å². The first kappa shape index (κ1) is 12.6. The molecule has 2 aromatic carbocycles. The van der Waals surface area contributed by atoms with Gasteiger partial charge in [0.25, 0.3) is 0 Å². The molecule has 4 rings (SSSR count). The molecule has 0 atom stereocenters. The van der Waals surface area contributed by atoms with Crippen molar-refractivity contribution in [3.63, 3.8) is 0 Å². The minimum absolute atomic E-state index is 0.465. The molecule has 0 amide bonds. The van der Waals surface area contributed by atoms with E-state index in [1.807, 2.05) is 36.4 Å². The van der Waals surface area contributed by atoms with Crippen LogP contribution >= 0.6 is 39.1 Å². The molecular formula is C15H8BrCl2NO. The minimum Gasteiger partial charge on any atom is -0.472 e. The van der Waals surface area contributed by atoms with E-state index in [1.54, 1.807) is 0 Å². The second-order valence-corrected chi connectivity index (χ2v) is 6.33. The Kier molecular flexibility index (Phi) is 2.78. The number of benzene rings is 2. The molecule has 0 N–H and O–H groups in total. The van der Waals surface area contributed by atoms with Crippen molar-refractivity contribution in [2.75, 3.05) is 0 Å². The van der Waals surface area contributed by atoms with Gasteiger partial charge in [-0.3, -0.25) is 0 Å². The van der Waals surface area contributed by atoms with E-state index in [-0.39, 0.29) is 0 Å². The zero-order chi connectivity index (χ0) is 13.9. The van der Waals surface area contributed by atoms with Gasteiger partial charge in [-0.25, -0.2) is 0 Å². The van der Waals surface area contributed by atoms with Crippen LogP contribution in [0.25, 0.3) is 22.2 Å². The third kappa shape index (κ3) is 1.70. The molecule has 3 aromatic rings. The fourth-order valence-electron chi connectivity index (χ4n) is 2.63.